The van der Waals surface area contributed by atoms with Gasteiger partial charge in [0.15, 0.2) is 6.10 Å². The van der Waals surface area contributed by atoms with Crippen LogP contribution >= 0.6 is 15.9 Å². The lowest BCUT2D eigenvalue weighted by atomic mass is 10.1. The largest absolute Gasteiger partial charge is 0.495 e. The van der Waals surface area contributed by atoms with E-state index in [-0.39, 0.29) is 15.8 Å². The van der Waals surface area contributed by atoms with Crippen LogP contribution in [0, 0.1) is 5.82 Å². The van der Waals surface area contributed by atoms with Crippen molar-refractivity contribution in [1.82, 2.24) is 0 Å². The van der Waals surface area contributed by atoms with Gasteiger partial charge in [-0.1, -0.05) is 0 Å². The molecule has 1 aromatic rings. The number of aliphatic hydroxyl groups is 1. The number of benzene rings is 1. The predicted octanol–water partition coefficient (Wildman–Crippen LogP) is 1.80. The Balaban J connectivity index is 3.23. The number of methoxy groups -OCH3 is 2. The zero-order valence-electron chi connectivity index (χ0n) is 8.66. The molecule has 0 radical (unpaired) electrons. The van der Waals surface area contributed by atoms with Crippen LogP contribution < -0.4 is 4.74 Å². The van der Waals surface area contributed by atoms with Crippen LogP contribution in [-0.4, -0.2) is 25.3 Å². The number of rotatable bonds is 3. The molecule has 0 bridgehead atoms. The predicted molar refractivity (Wildman–Crippen MR) is 57.6 cm³/mol. The quantitative estimate of drug-likeness (QED) is 0.863. The molecule has 0 aliphatic heterocycles. The number of carbonyl (C=O) groups is 1. The Morgan fingerprint density at radius 1 is 1.50 bits per heavy atom. The fraction of sp³-hybridized carbons (Fsp3) is 0.300. The Morgan fingerprint density at radius 2 is 2.12 bits per heavy atom. The second-order valence-electron chi connectivity index (χ2n) is 2.91. The van der Waals surface area contributed by atoms with Crippen molar-refractivity contribution in [3.8, 4) is 5.75 Å². The van der Waals surface area contributed by atoms with Gasteiger partial charge in [-0.15, -0.1) is 0 Å². The molecule has 1 atom stereocenters. The van der Waals surface area contributed by atoms with E-state index in [0.29, 0.717) is 0 Å². The Bertz CT molecular complexity index is 408. The van der Waals surface area contributed by atoms with Crippen molar-refractivity contribution in [2.45, 2.75) is 6.10 Å². The van der Waals surface area contributed by atoms with E-state index in [2.05, 4.69) is 20.7 Å². The molecule has 0 aromatic heterocycles. The molecule has 0 saturated carbocycles. The molecule has 0 spiro atoms. The second kappa shape index (κ2) is 5.27. The Labute approximate surface area is 100 Å². The van der Waals surface area contributed by atoms with Crippen molar-refractivity contribution < 1.29 is 23.8 Å². The molecule has 0 heterocycles. The van der Waals surface area contributed by atoms with Crippen LogP contribution in [0.25, 0.3) is 0 Å². The first kappa shape index (κ1) is 12.9. The lowest BCUT2D eigenvalue weighted by molar-refractivity contribution is -0.150. The third-order valence-corrected chi connectivity index (χ3v) is 2.74. The molecule has 88 valence electrons. The van der Waals surface area contributed by atoms with Crippen LogP contribution in [0.2, 0.25) is 0 Å². The summed E-state index contributed by atoms with van der Waals surface area (Å²) in [5, 5.41) is 9.62. The highest BCUT2D eigenvalue weighted by atomic mass is 79.9. The highest BCUT2D eigenvalue weighted by molar-refractivity contribution is 9.10. The number of ether oxygens (including phenoxy) is 2. The Morgan fingerprint density at radius 3 is 2.62 bits per heavy atom. The Hall–Kier alpha value is -1.14. The van der Waals surface area contributed by atoms with E-state index in [4.69, 9.17) is 4.74 Å². The molecular weight excluding hydrogens is 283 g/mol. The molecule has 1 aromatic carbocycles. The summed E-state index contributed by atoms with van der Waals surface area (Å²) in [7, 11) is 2.46. The lowest BCUT2D eigenvalue weighted by Crippen LogP contribution is -2.14. The van der Waals surface area contributed by atoms with Crippen molar-refractivity contribution in [3.05, 3.63) is 28.0 Å². The van der Waals surface area contributed by atoms with Gasteiger partial charge in [0.05, 0.1) is 18.7 Å². The van der Waals surface area contributed by atoms with Crippen LogP contribution in [0.3, 0.4) is 0 Å². The zero-order chi connectivity index (χ0) is 12.3. The van der Waals surface area contributed by atoms with Crippen molar-refractivity contribution in [1.29, 1.82) is 0 Å². The van der Waals surface area contributed by atoms with E-state index < -0.39 is 17.9 Å². The summed E-state index contributed by atoms with van der Waals surface area (Å²) in [6.45, 7) is 0. The molecule has 1 N–H and O–H groups in total. The van der Waals surface area contributed by atoms with Gasteiger partial charge in [-0.25, -0.2) is 9.18 Å². The molecule has 1 unspecified atom stereocenters. The zero-order valence-corrected chi connectivity index (χ0v) is 10.2. The van der Waals surface area contributed by atoms with Crippen LogP contribution in [0.5, 0.6) is 5.75 Å². The first-order valence-electron chi connectivity index (χ1n) is 4.30. The maximum atomic E-state index is 13.2. The minimum absolute atomic E-state index is 0.0513. The van der Waals surface area contributed by atoms with Crippen LogP contribution in [0.1, 0.15) is 11.7 Å². The number of hydrogen-bond acceptors (Lipinski definition) is 4. The maximum absolute atomic E-state index is 13.2. The molecular formula is C10H10BrFO4. The standard InChI is InChI=1S/C10H10BrFO4/c1-15-9-5(8(13)10(14)16-2)3-4-6(12)7(9)11/h3-4,8,13H,1-2H3. The van der Waals surface area contributed by atoms with Gasteiger partial charge in [0.2, 0.25) is 0 Å². The van der Waals surface area contributed by atoms with Crippen LogP contribution in [0.4, 0.5) is 4.39 Å². The van der Waals surface area contributed by atoms with Crippen LogP contribution in [-0.2, 0) is 9.53 Å². The molecule has 4 nitrogen and oxygen atoms in total. The van der Waals surface area contributed by atoms with E-state index in [9.17, 15) is 14.3 Å². The molecule has 0 aliphatic carbocycles. The van der Waals surface area contributed by atoms with E-state index in [1.807, 2.05) is 0 Å². The molecule has 16 heavy (non-hydrogen) atoms. The van der Waals surface area contributed by atoms with Crippen molar-refractivity contribution in [2.24, 2.45) is 0 Å². The maximum Gasteiger partial charge on any atom is 0.339 e. The van der Waals surface area contributed by atoms with E-state index in [1.54, 1.807) is 0 Å². The monoisotopic (exact) mass is 292 g/mol. The van der Waals surface area contributed by atoms with Gasteiger partial charge in [-0.2, -0.15) is 0 Å². The van der Waals surface area contributed by atoms with E-state index in [1.165, 1.54) is 13.2 Å². The minimum Gasteiger partial charge on any atom is -0.495 e. The summed E-state index contributed by atoms with van der Waals surface area (Å²) in [6.07, 6.45) is -1.50. The fourth-order valence-electron chi connectivity index (χ4n) is 1.21. The van der Waals surface area contributed by atoms with Gasteiger partial charge in [-0.3, -0.25) is 0 Å². The summed E-state index contributed by atoms with van der Waals surface area (Å²) >= 11 is 2.97. The van der Waals surface area contributed by atoms with Crippen molar-refractivity contribution >= 4 is 21.9 Å². The first-order valence-corrected chi connectivity index (χ1v) is 5.10. The number of aliphatic hydroxyl groups excluding tert-OH is 1. The summed E-state index contributed by atoms with van der Waals surface area (Å²) in [4.78, 5) is 11.1. The average Bonchev–Trinajstić information content (AvgIpc) is 2.30. The second-order valence-corrected chi connectivity index (χ2v) is 3.70. The number of carbonyl (C=O) groups excluding carboxylic acids is 1. The summed E-state index contributed by atoms with van der Waals surface area (Å²) in [6, 6.07) is 2.38. The SMILES string of the molecule is COC(=O)C(O)c1ccc(F)c(Br)c1OC. The van der Waals surface area contributed by atoms with Gasteiger partial charge in [0.1, 0.15) is 11.6 Å². The number of halogens is 2. The minimum atomic E-state index is -1.50. The fourth-order valence-corrected chi connectivity index (χ4v) is 1.73. The van der Waals surface area contributed by atoms with Gasteiger partial charge in [0, 0.05) is 5.56 Å². The normalized spacial score (nSPS) is 12.1. The highest BCUT2D eigenvalue weighted by Gasteiger charge is 2.24. The third kappa shape index (κ3) is 2.33. The summed E-state index contributed by atoms with van der Waals surface area (Å²) in [5.41, 5.74) is 0.141. The number of hydrogen-bond donors (Lipinski definition) is 1. The molecule has 6 heteroatoms. The summed E-state index contributed by atoms with van der Waals surface area (Å²) < 4.78 is 22.5. The van der Waals surface area contributed by atoms with Gasteiger partial charge in [0.25, 0.3) is 0 Å². The van der Waals surface area contributed by atoms with Crippen molar-refractivity contribution in [2.75, 3.05) is 14.2 Å². The highest BCUT2D eigenvalue weighted by Crippen LogP contribution is 2.35. The van der Waals surface area contributed by atoms with Gasteiger partial charge >= 0.3 is 5.97 Å². The van der Waals surface area contributed by atoms with E-state index >= 15 is 0 Å². The average molecular weight is 293 g/mol. The van der Waals surface area contributed by atoms with Gasteiger partial charge < -0.3 is 14.6 Å². The molecule has 0 amide bonds. The number of esters is 1. The van der Waals surface area contributed by atoms with Crippen LogP contribution in [0.15, 0.2) is 16.6 Å². The molecule has 1 rings (SSSR count). The third-order valence-electron chi connectivity index (χ3n) is 2.00. The van der Waals surface area contributed by atoms with E-state index in [0.717, 1.165) is 13.2 Å². The molecule has 0 fully saturated rings. The molecule has 0 saturated heterocycles. The topological polar surface area (TPSA) is 55.8 Å². The van der Waals surface area contributed by atoms with Gasteiger partial charge in [-0.05, 0) is 28.1 Å². The lowest BCUT2D eigenvalue weighted by Gasteiger charge is -2.14. The smallest absolute Gasteiger partial charge is 0.339 e. The van der Waals surface area contributed by atoms with Crippen molar-refractivity contribution in [3.63, 3.8) is 0 Å². The molecule has 0 aliphatic rings. The summed E-state index contributed by atoms with van der Waals surface area (Å²) in [5.74, 6) is -1.31. The first-order chi connectivity index (χ1) is 7.52. The Kier molecular flexibility index (Phi) is 4.26.